The first-order valence-corrected chi connectivity index (χ1v) is 10.2. The number of benzene rings is 4. The number of hydrogen-bond donors (Lipinski definition) is 2. The van der Waals surface area contributed by atoms with Crippen LogP contribution in [0.2, 0.25) is 0 Å². The largest absolute Gasteiger partial charge is 0.436 e. The van der Waals surface area contributed by atoms with Crippen molar-refractivity contribution in [3.05, 3.63) is 109 Å². The molecule has 6 heteroatoms. The zero-order valence-corrected chi connectivity index (χ0v) is 17.2. The fourth-order valence-corrected chi connectivity index (χ4v) is 3.48. The van der Waals surface area contributed by atoms with Crippen LogP contribution in [0.25, 0.3) is 10.8 Å². The van der Waals surface area contributed by atoms with E-state index in [0.29, 0.717) is 23.1 Å². The van der Waals surface area contributed by atoms with Crippen LogP contribution in [-0.2, 0) is 0 Å². The Hall–Kier alpha value is -4.58. The van der Waals surface area contributed by atoms with Crippen molar-refractivity contribution in [1.82, 2.24) is 9.97 Å². The molecule has 0 saturated carbocycles. The lowest BCUT2D eigenvalue weighted by Gasteiger charge is -2.26. The number of rotatable bonds is 6. The van der Waals surface area contributed by atoms with Crippen molar-refractivity contribution in [2.24, 2.45) is 0 Å². The van der Waals surface area contributed by atoms with Gasteiger partial charge in [-0.1, -0.05) is 72.8 Å². The van der Waals surface area contributed by atoms with Crippen molar-refractivity contribution in [3.63, 3.8) is 0 Å². The summed E-state index contributed by atoms with van der Waals surface area (Å²) in [7, 11) is 0. The minimum Gasteiger partial charge on any atom is -0.436 e. The fourth-order valence-electron chi connectivity index (χ4n) is 3.48. The van der Waals surface area contributed by atoms with Gasteiger partial charge in [-0.3, -0.25) is 10.4 Å². The molecule has 0 atom stereocenters. The van der Waals surface area contributed by atoms with Gasteiger partial charge in [-0.2, -0.15) is 4.98 Å². The van der Waals surface area contributed by atoms with Crippen LogP contribution < -0.4 is 20.9 Å². The van der Waals surface area contributed by atoms with Crippen molar-refractivity contribution in [1.29, 1.82) is 0 Å². The van der Waals surface area contributed by atoms with Gasteiger partial charge in [0.1, 0.15) is 17.8 Å². The quantitative estimate of drug-likeness (QED) is 0.321. The summed E-state index contributed by atoms with van der Waals surface area (Å²) in [6.07, 6.45) is 1.44. The molecular weight excluding hydrogens is 398 g/mol. The van der Waals surface area contributed by atoms with Gasteiger partial charge in [0.15, 0.2) is 5.82 Å². The van der Waals surface area contributed by atoms with Gasteiger partial charge in [-0.05, 0) is 35.7 Å². The number of nitrogens with two attached hydrogens (primary N) is 1. The van der Waals surface area contributed by atoms with Gasteiger partial charge in [0.25, 0.3) is 0 Å². The predicted molar refractivity (Wildman–Crippen MR) is 129 cm³/mol. The number of fused-ring (bicyclic) bond motifs is 1. The Morgan fingerprint density at radius 3 is 2.03 bits per heavy atom. The van der Waals surface area contributed by atoms with Crippen LogP contribution >= 0.6 is 0 Å². The molecule has 0 bridgehead atoms. The summed E-state index contributed by atoms with van der Waals surface area (Å²) >= 11 is 0. The van der Waals surface area contributed by atoms with Crippen molar-refractivity contribution >= 4 is 33.7 Å². The highest BCUT2D eigenvalue weighted by Crippen LogP contribution is 2.35. The second-order valence-corrected chi connectivity index (χ2v) is 7.14. The maximum absolute atomic E-state index is 6.44. The van der Waals surface area contributed by atoms with E-state index in [2.05, 4.69) is 15.4 Å². The number of hydrogen-bond acceptors (Lipinski definition) is 6. The lowest BCUT2D eigenvalue weighted by Crippen LogP contribution is -2.25. The third-order valence-electron chi connectivity index (χ3n) is 5.05. The Morgan fingerprint density at radius 2 is 1.31 bits per heavy atom. The van der Waals surface area contributed by atoms with Crippen molar-refractivity contribution in [2.45, 2.75) is 0 Å². The molecule has 5 rings (SSSR count). The average Bonchev–Trinajstić information content (AvgIpc) is 2.86. The Morgan fingerprint density at radius 1 is 0.688 bits per heavy atom. The Balaban J connectivity index is 1.50. The van der Waals surface area contributed by atoms with Crippen LogP contribution in [0.1, 0.15) is 0 Å². The average molecular weight is 419 g/mol. The van der Waals surface area contributed by atoms with Crippen LogP contribution in [-0.4, -0.2) is 9.97 Å². The third kappa shape index (κ3) is 3.89. The lowest BCUT2D eigenvalue weighted by molar-refractivity contribution is 0.470. The first-order chi connectivity index (χ1) is 15.8. The van der Waals surface area contributed by atoms with Gasteiger partial charge < -0.3 is 10.5 Å². The molecule has 3 N–H and O–H groups in total. The molecule has 0 aliphatic heterocycles. The van der Waals surface area contributed by atoms with Crippen molar-refractivity contribution in [2.75, 3.05) is 16.2 Å². The molecule has 0 spiro atoms. The predicted octanol–water partition coefficient (Wildman–Crippen LogP) is 6.17. The smallest absolute Gasteiger partial charge is 0.248 e. The van der Waals surface area contributed by atoms with Crippen molar-refractivity contribution in [3.8, 4) is 11.6 Å². The summed E-state index contributed by atoms with van der Waals surface area (Å²) in [6.45, 7) is 0. The van der Waals surface area contributed by atoms with E-state index >= 15 is 0 Å². The molecule has 4 aromatic carbocycles. The van der Waals surface area contributed by atoms with Gasteiger partial charge in [-0.25, -0.2) is 4.98 Å². The number of aromatic nitrogens is 2. The van der Waals surface area contributed by atoms with Gasteiger partial charge in [0.05, 0.1) is 11.4 Å². The number of ether oxygens (including phenoxy) is 1. The summed E-state index contributed by atoms with van der Waals surface area (Å²) in [6, 6.07) is 33.8. The summed E-state index contributed by atoms with van der Waals surface area (Å²) in [5.74, 6) is 1.42. The maximum atomic E-state index is 6.44. The van der Waals surface area contributed by atoms with E-state index in [1.54, 1.807) is 0 Å². The van der Waals surface area contributed by atoms with E-state index in [1.165, 1.54) is 6.33 Å². The van der Waals surface area contributed by atoms with Gasteiger partial charge in [0.2, 0.25) is 5.88 Å². The summed E-state index contributed by atoms with van der Waals surface area (Å²) in [4.78, 5) is 8.64. The molecule has 0 aliphatic carbocycles. The van der Waals surface area contributed by atoms with E-state index < -0.39 is 0 Å². The second-order valence-electron chi connectivity index (χ2n) is 7.14. The van der Waals surface area contributed by atoms with Crippen LogP contribution in [0.15, 0.2) is 109 Å². The van der Waals surface area contributed by atoms with E-state index in [1.807, 2.05) is 108 Å². The number of para-hydroxylation sites is 2. The normalized spacial score (nSPS) is 10.6. The first kappa shape index (κ1) is 19.4. The molecule has 1 heterocycles. The number of nitrogens with zero attached hydrogens (tertiary/aromatic N) is 3. The zero-order chi connectivity index (χ0) is 21.8. The highest BCUT2D eigenvalue weighted by atomic mass is 16.5. The minimum atomic E-state index is 0.292. The van der Waals surface area contributed by atoms with E-state index in [-0.39, 0.29) is 0 Å². The Labute approximate surface area is 185 Å². The Bertz CT molecular complexity index is 1300. The maximum Gasteiger partial charge on any atom is 0.248 e. The molecule has 5 aromatic rings. The molecule has 0 amide bonds. The molecule has 0 fully saturated rings. The molecule has 1 aromatic heterocycles. The molecule has 0 saturated heterocycles. The monoisotopic (exact) mass is 419 g/mol. The second kappa shape index (κ2) is 8.65. The van der Waals surface area contributed by atoms with E-state index in [4.69, 9.17) is 10.5 Å². The summed E-state index contributed by atoms with van der Waals surface area (Å²) in [5.41, 5.74) is 12.0. The summed E-state index contributed by atoms with van der Waals surface area (Å²) in [5, 5.41) is 3.98. The van der Waals surface area contributed by atoms with Crippen molar-refractivity contribution < 1.29 is 4.74 Å². The van der Waals surface area contributed by atoms with Gasteiger partial charge >= 0.3 is 0 Å². The molecule has 0 unspecified atom stereocenters. The minimum absolute atomic E-state index is 0.292. The lowest BCUT2D eigenvalue weighted by atomic mass is 10.1. The standard InChI is InChI=1S/C26H21N5O/c27-24-25(30-31(20-12-3-1-4-13-20)21-14-5-2-6-15-21)28-18-29-26(24)32-23-17-9-11-19-10-7-8-16-22(19)23/h1-18H,27H2,(H,28,29,30). The van der Waals surface area contributed by atoms with E-state index in [9.17, 15) is 0 Å². The van der Waals surface area contributed by atoms with Crippen LogP contribution in [0.3, 0.4) is 0 Å². The highest BCUT2D eigenvalue weighted by Gasteiger charge is 2.16. The van der Waals surface area contributed by atoms with Gasteiger partial charge in [0, 0.05) is 5.39 Å². The third-order valence-corrected chi connectivity index (χ3v) is 5.05. The first-order valence-electron chi connectivity index (χ1n) is 10.2. The van der Waals surface area contributed by atoms with Crippen LogP contribution in [0.5, 0.6) is 11.6 Å². The topological polar surface area (TPSA) is 76.3 Å². The van der Waals surface area contributed by atoms with Crippen LogP contribution in [0.4, 0.5) is 22.9 Å². The molecule has 6 nitrogen and oxygen atoms in total. The number of nitrogen functional groups attached to an aromatic ring is 1. The van der Waals surface area contributed by atoms with Gasteiger partial charge in [-0.15, -0.1) is 0 Å². The molecule has 32 heavy (non-hydrogen) atoms. The number of nitrogens with one attached hydrogen (secondary N) is 1. The van der Waals surface area contributed by atoms with E-state index in [0.717, 1.165) is 22.1 Å². The zero-order valence-electron chi connectivity index (χ0n) is 17.2. The summed E-state index contributed by atoms with van der Waals surface area (Å²) < 4.78 is 6.12. The molecule has 156 valence electrons. The highest BCUT2D eigenvalue weighted by molar-refractivity contribution is 5.88. The number of anilines is 4. The SMILES string of the molecule is Nc1c(NN(c2ccccc2)c2ccccc2)ncnc1Oc1cccc2ccccc12. The Kier molecular flexibility index (Phi) is 5.24. The molecule has 0 aliphatic rings. The van der Waals surface area contributed by atoms with Crippen LogP contribution in [0, 0.1) is 0 Å². The molecular formula is C26H21N5O. The molecule has 0 radical (unpaired) electrons. The number of hydrazine groups is 1. The fraction of sp³-hybridized carbons (Fsp3) is 0.